The first-order valence-corrected chi connectivity index (χ1v) is 13.9. The van der Waals surface area contributed by atoms with Crippen molar-refractivity contribution in [3.63, 3.8) is 0 Å². The highest BCUT2D eigenvalue weighted by Crippen LogP contribution is 2.32. The SMILES string of the molecule is CC[C@@H](C(=O)NC)N(Cc1ccc(C)cc1)C(=O)CN(c1ccc(OC)c(Cl)c1)S(=O)(=O)c1ccccc1. The Morgan fingerprint density at radius 3 is 2.24 bits per heavy atom. The highest BCUT2D eigenvalue weighted by atomic mass is 35.5. The quantitative estimate of drug-likeness (QED) is 0.377. The van der Waals surface area contributed by atoms with E-state index in [0.29, 0.717) is 12.2 Å². The number of benzene rings is 3. The Labute approximate surface area is 229 Å². The van der Waals surface area contributed by atoms with Crippen LogP contribution in [0.5, 0.6) is 5.75 Å². The normalized spacial score (nSPS) is 11.9. The average molecular weight is 558 g/mol. The summed E-state index contributed by atoms with van der Waals surface area (Å²) < 4.78 is 33.8. The van der Waals surface area contributed by atoms with Crippen molar-refractivity contribution in [2.45, 2.75) is 37.8 Å². The van der Waals surface area contributed by atoms with E-state index in [4.69, 9.17) is 16.3 Å². The molecule has 0 aliphatic rings. The minimum absolute atomic E-state index is 0.0168. The van der Waals surface area contributed by atoms with E-state index in [1.165, 1.54) is 43.3 Å². The molecular formula is C28H32ClN3O5S. The Balaban J connectivity index is 2.07. The van der Waals surface area contributed by atoms with Gasteiger partial charge in [0.15, 0.2) is 0 Å². The van der Waals surface area contributed by atoms with Gasteiger partial charge in [0.2, 0.25) is 11.8 Å². The maximum absolute atomic E-state index is 13.9. The number of hydrogen-bond donors (Lipinski definition) is 1. The van der Waals surface area contributed by atoms with Crippen LogP contribution in [0.3, 0.4) is 0 Å². The summed E-state index contributed by atoms with van der Waals surface area (Å²) in [5.41, 5.74) is 2.06. The molecule has 3 rings (SSSR count). The maximum Gasteiger partial charge on any atom is 0.264 e. The number of carbonyl (C=O) groups excluding carboxylic acids is 2. The van der Waals surface area contributed by atoms with Crippen molar-refractivity contribution in [1.82, 2.24) is 10.2 Å². The van der Waals surface area contributed by atoms with Gasteiger partial charge in [0.05, 0.1) is 22.7 Å². The van der Waals surface area contributed by atoms with Crippen molar-refractivity contribution in [2.75, 3.05) is 25.0 Å². The second kappa shape index (κ2) is 12.8. The molecule has 1 atom stereocenters. The van der Waals surface area contributed by atoms with Crippen molar-refractivity contribution in [1.29, 1.82) is 0 Å². The van der Waals surface area contributed by atoms with E-state index >= 15 is 0 Å². The number of methoxy groups -OCH3 is 1. The van der Waals surface area contributed by atoms with E-state index in [1.54, 1.807) is 31.2 Å². The number of carbonyl (C=O) groups is 2. The molecule has 0 fully saturated rings. The van der Waals surface area contributed by atoms with Crippen molar-refractivity contribution >= 4 is 39.1 Å². The second-order valence-corrected chi connectivity index (χ2v) is 11.0. The molecule has 0 aliphatic carbocycles. The zero-order chi connectivity index (χ0) is 27.9. The van der Waals surface area contributed by atoms with Crippen LogP contribution in [-0.2, 0) is 26.2 Å². The average Bonchev–Trinajstić information content (AvgIpc) is 2.92. The molecule has 0 saturated carbocycles. The number of ether oxygens (including phenoxy) is 1. The summed E-state index contributed by atoms with van der Waals surface area (Å²) in [6.07, 6.45) is 0.344. The zero-order valence-corrected chi connectivity index (χ0v) is 23.4. The van der Waals surface area contributed by atoms with Crippen LogP contribution in [0.25, 0.3) is 0 Å². The second-order valence-electron chi connectivity index (χ2n) is 8.69. The lowest BCUT2D eigenvalue weighted by Gasteiger charge is -2.33. The summed E-state index contributed by atoms with van der Waals surface area (Å²) in [5.74, 6) is -0.504. The minimum Gasteiger partial charge on any atom is -0.495 e. The van der Waals surface area contributed by atoms with Crippen LogP contribution in [-0.4, -0.2) is 51.9 Å². The molecule has 0 aromatic heterocycles. The van der Waals surface area contributed by atoms with Crippen LogP contribution in [0.2, 0.25) is 5.02 Å². The van der Waals surface area contributed by atoms with Crippen LogP contribution >= 0.6 is 11.6 Å². The van der Waals surface area contributed by atoms with E-state index < -0.39 is 28.5 Å². The Morgan fingerprint density at radius 2 is 1.68 bits per heavy atom. The molecule has 0 saturated heterocycles. The summed E-state index contributed by atoms with van der Waals surface area (Å²) >= 11 is 6.33. The van der Waals surface area contributed by atoms with Crippen molar-refractivity contribution < 1.29 is 22.7 Å². The van der Waals surface area contributed by atoms with Crippen LogP contribution in [0.15, 0.2) is 77.7 Å². The predicted octanol–water partition coefficient (Wildman–Crippen LogP) is 4.41. The van der Waals surface area contributed by atoms with Gasteiger partial charge in [0.1, 0.15) is 18.3 Å². The molecular weight excluding hydrogens is 526 g/mol. The van der Waals surface area contributed by atoms with E-state index in [1.807, 2.05) is 31.2 Å². The zero-order valence-electron chi connectivity index (χ0n) is 21.8. The highest BCUT2D eigenvalue weighted by molar-refractivity contribution is 7.92. The van der Waals surface area contributed by atoms with Gasteiger partial charge in [-0.1, -0.05) is 66.6 Å². The first-order chi connectivity index (χ1) is 18.1. The van der Waals surface area contributed by atoms with Crippen molar-refractivity contribution in [2.24, 2.45) is 0 Å². The summed E-state index contributed by atoms with van der Waals surface area (Å²) in [6, 6.07) is 19.2. The van der Waals surface area contributed by atoms with E-state index in [-0.39, 0.29) is 28.1 Å². The molecule has 3 aromatic rings. The predicted molar refractivity (Wildman–Crippen MR) is 149 cm³/mol. The molecule has 3 aromatic carbocycles. The monoisotopic (exact) mass is 557 g/mol. The lowest BCUT2D eigenvalue weighted by atomic mass is 10.1. The fraction of sp³-hybridized carbons (Fsp3) is 0.286. The van der Waals surface area contributed by atoms with Gasteiger partial charge in [-0.3, -0.25) is 13.9 Å². The largest absolute Gasteiger partial charge is 0.495 e. The Morgan fingerprint density at radius 1 is 1.03 bits per heavy atom. The summed E-state index contributed by atoms with van der Waals surface area (Å²) in [4.78, 5) is 28.1. The molecule has 2 amide bonds. The lowest BCUT2D eigenvalue weighted by molar-refractivity contribution is -0.140. The standard InChI is InChI=1S/C28H32ClN3O5S/c1-5-25(28(34)30-3)31(18-21-13-11-20(2)12-14-21)27(33)19-32(22-15-16-26(37-4)24(29)17-22)38(35,36)23-9-7-6-8-10-23/h6-17,25H,5,18-19H2,1-4H3,(H,30,34)/t25-/m0/s1. The molecule has 0 bridgehead atoms. The van der Waals surface area contributed by atoms with Gasteiger partial charge < -0.3 is 15.0 Å². The van der Waals surface area contributed by atoms with Gasteiger partial charge in [0.25, 0.3) is 10.0 Å². The van der Waals surface area contributed by atoms with Gasteiger partial charge in [0, 0.05) is 13.6 Å². The first kappa shape index (κ1) is 29.0. The molecule has 0 spiro atoms. The van der Waals surface area contributed by atoms with Crippen molar-refractivity contribution in [3.8, 4) is 5.75 Å². The van der Waals surface area contributed by atoms with Gasteiger partial charge >= 0.3 is 0 Å². The molecule has 202 valence electrons. The third kappa shape index (κ3) is 6.65. The summed E-state index contributed by atoms with van der Waals surface area (Å²) in [7, 11) is -1.21. The van der Waals surface area contributed by atoms with Crippen LogP contribution < -0.4 is 14.4 Å². The number of anilines is 1. The molecule has 0 radical (unpaired) electrons. The minimum atomic E-state index is -4.17. The smallest absolute Gasteiger partial charge is 0.264 e. The molecule has 0 aliphatic heterocycles. The Bertz CT molecular complexity index is 1360. The number of amides is 2. The number of halogens is 1. The Hall–Kier alpha value is -3.56. The molecule has 0 unspecified atom stereocenters. The fourth-order valence-corrected chi connectivity index (χ4v) is 5.71. The number of nitrogens with zero attached hydrogens (tertiary/aromatic N) is 2. The lowest BCUT2D eigenvalue weighted by Crippen LogP contribution is -2.51. The van der Waals surface area contributed by atoms with Crippen LogP contribution in [0, 0.1) is 6.92 Å². The molecule has 1 N–H and O–H groups in total. The molecule has 10 heteroatoms. The number of likely N-dealkylation sites (N-methyl/N-ethyl adjacent to an activating group) is 1. The fourth-order valence-electron chi connectivity index (χ4n) is 4.04. The molecule has 0 heterocycles. The van der Waals surface area contributed by atoms with Gasteiger partial charge in [-0.05, 0) is 49.2 Å². The van der Waals surface area contributed by atoms with Crippen molar-refractivity contribution in [3.05, 3.63) is 88.9 Å². The maximum atomic E-state index is 13.9. The third-order valence-corrected chi connectivity index (χ3v) is 8.22. The summed E-state index contributed by atoms with van der Waals surface area (Å²) in [5, 5.41) is 2.80. The van der Waals surface area contributed by atoms with E-state index in [0.717, 1.165) is 15.4 Å². The van der Waals surface area contributed by atoms with Gasteiger partial charge in [-0.15, -0.1) is 0 Å². The van der Waals surface area contributed by atoms with Crippen LogP contribution in [0.1, 0.15) is 24.5 Å². The molecule has 8 nitrogen and oxygen atoms in total. The first-order valence-electron chi connectivity index (χ1n) is 12.1. The number of nitrogens with one attached hydrogen (secondary N) is 1. The highest BCUT2D eigenvalue weighted by Gasteiger charge is 2.33. The number of aryl methyl sites for hydroxylation is 1. The topological polar surface area (TPSA) is 96.0 Å². The van der Waals surface area contributed by atoms with Gasteiger partial charge in [-0.25, -0.2) is 8.42 Å². The molecule has 38 heavy (non-hydrogen) atoms. The van der Waals surface area contributed by atoms with E-state index in [2.05, 4.69) is 5.32 Å². The number of sulfonamides is 1. The number of hydrogen-bond acceptors (Lipinski definition) is 5. The van der Waals surface area contributed by atoms with Crippen LogP contribution in [0.4, 0.5) is 5.69 Å². The van der Waals surface area contributed by atoms with Gasteiger partial charge in [-0.2, -0.15) is 0 Å². The Kier molecular flexibility index (Phi) is 9.77. The number of rotatable bonds is 11. The third-order valence-electron chi connectivity index (χ3n) is 6.14. The van der Waals surface area contributed by atoms with E-state index in [9.17, 15) is 18.0 Å². The summed E-state index contributed by atoms with van der Waals surface area (Å²) in [6.45, 7) is 3.35.